The van der Waals surface area contributed by atoms with Crippen molar-refractivity contribution in [2.45, 2.75) is 45.1 Å². The molecule has 6 heteroatoms. The van der Waals surface area contributed by atoms with Crippen LogP contribution in [0.1, 0.15) is 53.7 Å². The van der Waals surface area contributed by atoms with Crippen molar-refractivity contribution in [1.29, 1.82) is 0 Å². The molecular formula is C32H37N3O2S. The number of carbonyl (C=O) groups excluding carboxylic acids is 2. The van der Waals surface area contributed by atoms with Gasteiger partial charge >= 0.3 is 0 Å². The van der Waals surface area contributed by atoms with Gasteiger partial charge in [0, 0.05) is 23.5 Å². The second-order valence-electron chi connectivity index (χ2n) is 9.62. The number of nitrogens with one attached hydrogen (secondary N) is 1. The van der Waals surface area contributed by atoms with Crippen LogP contribution in [0.15, 0.2) is 82.6 Å². The van der Waals surface area contributed by atoms with Gasteiger partial charge in [0.1, 0.15) is 0 Å². The Morgan fingerprint density at radius 2 is 1.61 bits per heavy atom. The number of hydrogen-bond donors (Lipinski definition) is 1. The molecule has 38 heavy (non-hydrogen) atoms. The minimum absolute atomic E-state index is 0.0116. The predicted molar refractivity (Wildman–Crippen MR) is 158 cm³/mol. The number of thioether (sulfide) groups is 1. The van der Waals surface area contributed by atoms with E-state index in [4.69, 9.17) is 0 Å². The third kappa shape index (κ3) is 6.94. The minimum Gasteiger partial charge on any atom is -0.351 e. The van der Waals surface area contributed by atoms with Crippen molar-refractivity contribution in [1.82, 2.24) is 10.2 Å². The molecule has 0 aliphatic carbocycles. The first kappa shape index (κ1) is 27.7. The molecule has 1 aliphatic rings. The van der Waals surface area contributed by atoms with Crippen LogP contribution >= 0.6 is 11.8 Å². The second kappa shape index (κ2) is 13.4. The molecule has 5 nitrogen and oxygen atoms in total. The largest absolute Gasteiger partial charge is 0.351 e. The van der Waals surface area contributed by atoms with E-state index in [-0.39, 0.29) is 11.8 Å². The van der Waals surface area contributed by atoms with Gasteiger partial charge in [0.25, 0.3) is 11.8 Å². The molecule has 2 amide bonds. The SMILES string of the molecule is CCCN(CCC)CCNC(=O)c1ccc(/C=C2\Sc3ccccc3N(Cc3ccccc3C)C2=O)cc1. The third-order valence-corrected chi connectivity index (χ3v) is 7.76. The Hall–Kier alpha value is -3.35. The van der Waals surface area contributed by atoms with Crippen molar-refractivity contribution >= 4 is 35.3 Å². The van der Waals surface area contributed by atoms with Crippen LogP contribution in [-0.4, -0.2) is 42.9 Å². The predicted octanol–water partition coefficient (Wildman–Crippen LogP) is 6.53. The maximum atomic E-state index is 13.6. The van der Waals surface area contributed by atoms with Crippen LogP contribution in [0.3, 0.4) is 0 Å². The molecule has 1 aliphatic heterocycles. The van der Waals surface area contributed by atoms with Crippen molar-refractivity contribution in [3.8, 4) is 0 Å². The fourth-order valence-electron chi connectivity index (χ4n) is 4.66. The molecule has 0 saturated heterocycles. The molecule has 0 spiro atoms. The van der Waals surface area contributed by atoms with E-state index in [2.05, 4.69) is 49.2 Å². The molecule has 3 aromatic rings. The number of carbonyl (C=O) groups is 2. The number of aryl methyl sites for hydroxylation is 1. The van der Waals surface area contributed by atoms with Gasteiger partial charge in [0.15, 0.2) is 0 Å². The summed E-state index contributed by atoms with van der Waals surface area (Å²) in [5.74, 6) is -0.0823. The Morgan fingerprint density at radius 1 is 0.921 bits per heavy atom. The fourth-order valence-corrected chi connectivity index (χ4v) is 5.72. The topological polar surface area (TPSA) is 52.7 Å². The molecular weight excluding hydrogens is 490 g/mol. The number of hydrogen-bond acceptors (Lipinski definition) is 4. The molecule has 0 bridgehead atoms. The van der Waals surface area contributed by atoms with Crippen LogP contribution in [0.4, 0.5) is 5.69 Å². The Kier molecular flexibility index (Phi) is 9.79. The van der Waals surface area contributed by atoms with Gasteiger partial charge < -0.3 is 15.1 Å². The molecule has 0 atom stereocenters. The molecule has 1 N–H and O–H groups in total. The summed E-state index contributed by atoms with van der Waals surface area (Å²) >= 11 is 1.50. The lowest BCUT2D eigenvalue weighted by molar-refractivity contribution is -0.114. The van der Waals surface area contributed by atoms with Crippen molar-refractivity contribution < 1.29 is 9.59 Å². The smallest absolute Gasteiger partial charge is 0.265 e. The van der Waals surface area contributed by atoms with E-state index in [9.17, 15) is 9.59 Å². The summed E-state index contributed by atoms with van der Waals surface area (Å²) < 4.78 is 0. The number of anilines is 1. The molecule has 0 radical (unpaired) electrons. The monoisotopic (exact) mass is 527 g/mol. The zero-order valence-electron chi connectivity index (χ0n) is 22.6. The van der Waals surface area contributed by atoms with Crippen LogP contribution < -0.4 is 10.2 Å². The summed E-state index contributed by atoms with van der Waals surface area (Å²) in [6, 6.07) is 23.7. The fraction of sp³-hybridized carbons (Fsp3) is 0.312. The number of benzene rings is 3. The average Bonchev–Trinajstić information content (AvgIpc) is 2.92. The van der Waals surface area contributed by atoms with Crippen LogP contribution in [0, 0.1) is 6.92 Å². The highest BCUT2D eigenvalue weighted by Gasteiger charge is 2.29. The van der Waals surface area contributed by atoms with E-state index in [1.165, 1.54) is 17.3 Å². The van der Waals surface area contributed by atoms with E-state index in [0.717, 1.165) is 54.2 Å². The van der Waals surface area contributed by atoms with Crippen LogP contribution in [-0.2, 0) is 11.3 Å². The Labute approximate surface area is 230 Å². The molecule has 1 heterocycles. The van der Waals surface area contributed by atoms with Gasteiger partial charge in [0.05, 0.1) is 17.1 Å². The highest BCUT2D eigenvalue weighted by Crippen LogP contribution is 2.42. The van der Waals surface area contributed by atoms with Gasteiger partial charge in [-0.1, -0.05) is 74.1 Å². The molecule has 0 fully saturated rings. The average molecular weight is 528 g/mol. The summed E-state index contributed by atoms with van der Waals surface area (Å²) in [4.78, 5) is 32.3. The molecule has 0 unspecified atom stereocenters. The number of rotatable bonds is 11. The summed E-state index contributed by atoms with van der Waals surface area (Å²) in [5, 5.41) is 3.04. The first-order valence-electron chi connectivity index (χ1n) is 13.5. The Bertz CT molecular complexity index is 1280. The van der Waals surface area contributed by atoms with Gasteiger partial charge in [0.2, 0.25) is 0 Å². The van der Waals surface area contributed by atoms with E-state index >= 15 is 0 Å². The lowest BCUT2D eigenvalue weighted by Crippen LogP contribution is -2.35. The van der Waals surface area contributed by atoms with E-state index < -0.39 is 0 Å². The normalized spacial score (nSPS) is 14.2. The summed E-state index contributed by atoms with van der Waals surface area (Å²) in [7, 11) is 0. The van der Waals surface area contributed by atoms with Crippen molar-refractivity contribution in [2.24, 2.45) is 0 Å². The standard InChI is InChI=1S/C32H37N3O2S/c1-4-19-34(20-5-2)21-18-33-31(36)26-16-14-25(15-17-26)22-30-32(37)35(23-27-11-7-6-10-24(27)3)28-12-8-9-13-29(28)38-30/h6-17,22H,4-5,18-21,23H2,1-3H3,(H,33,36)/b30-22-. The van der Waals surface area contributed by atoms with E-state index in [0.29, 0.717) is 23.6 Å². The highest BCUT2D eigenvalue weighted by atomic mass is 32.2. The zero-order chi connectivity index (χ0) is 26.9. The van der Waals surface area contributed by atoms with Crippen molar-refractivity contribution in [3.63, 3.8) is 0 Å². The van der Waals surface area contributed by atoms with Gasteiger partial charge in [-0.2, -0.15) is 0 Å². The van der Waals surface area contributed by atoms with Gasteiger partial charge in [-0.3, -0.25) is 9.59 Å². The van der Waals surface area contributed by atoms with Crippen molar-refractivity contribution in [3.05, 3.63) is 100.0 Å². The van der Waals surface area contributed by atoms with Crippen molar-refractivity contribution in [2.75, 3.05) is 31.1 Å². The van der Waals surface area contributed by atoms with Gasteiger partial charge in [-0.25, -0.2) is 0 Å². The molecule has 0 aromatic heterocycles. The maximum absolute atomic E-state index is 13.6. The Balaban J connectivity index is 1.46. The van der Waals surface area contributed by atoms with E-state index in [1.54, 1.807) is 0 Å². The van der Waals surface area contributed by atoms with Crippen LogP contribution in [0.2, 0.25) is 0 Å². The first-order chi connectivity index (χ1) is 18.5. The van der Waals surface area contributed by atoms with Gasteiger partial charge in [-0.05, 0) is 79.9 Å². The molecule has 3 aromatic carbocycles. The Morgan fingerprint density at radius 3 is 2.32 bits per heavy atom. The van der Waals surface area contributed by atoms with Crippen LogP contribution in [0.5, 0.6) is 0 Å². The molecule has 0 saturated carbocycles. The number of amides is 2. The summed E-state index contributed by atoms with van der Waals surface area (Å²) in [6.45, 7) is 10.5. The quantitative estimate of drug-likeness (QED) is 0.288. The zero-order valence-corrected chi connectivity index (χ0v) is 23.4. The second-order valence-corrected chi connectivity index (χ2v) is 10.7. The van der Waals surface area contributed by atoms with Gasteiger partial charge in [-0.15, -0.1) is 0 Å². The molecule has 4 rings (SSSR count). The number of para-hydroxylation sites is 1. The number of fused-ring (bicyclic) bond motifs is 1. The molecule has 198 valence electrons. The van der Waals surface area contributed by atoms with E-state index in [1.807, 2.05) is 65.6 Å². The lowest BCUT2D eigenvalue weighted by atomic mass is 10.1. The lowest BCUT2D eigenvalue weighted by Gasteiger charge is -2.31. The number of nitrogens with zero attached hydrogens (tertiary/aromatic N) is 2. The minimum atomic E-state index is -0.0707. The third-order valence-electron chi connectivity index (χ3n) is 6.69. The maximum Gasteiger partial charge on any atom is 0.265 e. The highest BCUT2D eigenvalue weighted by molar-refractivity contribution is 8.04. The van der Waals surface area contributed by atoms with Crippen LogP contribution in [0.25, 0.3) is 6.08 Å². The summed E-state index contributed by atoms with van der Waals surface area (Å²) in [6.07, 6.45) is 4.14. The summed E-state index contributed by atoms with van der Waals surface area (Å²) in [5.41, 5.74) is 4.75. The first-order valence-corrected chi connectivity index (χ1v) is 14.3.